The molecule has 0 aliphatic carbocycles. The zero-order valence-electron chi connectivity index (χ0n) is 16.3. The summed E-state index contributed by atoms with van der Waals surface area (Å²) >= 11 is 1.26. The van der Waals surface area contributed by atoms with Crippen LogP contribution in [0.2, 0.25) is 0 Å². The quantitative estimate of drug-likeness (QED) is 0.828. The largest absolute Gasteiger partial charge is 0.351 e. The van der Waals surface area contributed by atoms with Crippen LogP contribution in [-0.2, 0) is 16.1 Å². The molecule has 0 spiro atoms. The Morgan fingerprint density at radius 2 is 1.86 bits per heavy atom. The molecule has 6 nitrogen and oxygen atoms in total. The summed E-state index contributed by atoms with van der Waals surface area (Å²) in [6.07, 6.45) is 0. The number of benzene rings is 2. The third-order valence-electron chi connectivity index (χ3n) is 4.80. The summed E-state index contributed by atoms with van der Waals surface area (Å²) in [5.74, 6) is 0.711. The van der Waals surface area contributed by atoms with Gasteiger partial charge < -0.3 is 5.32 Å². The van der Waals surface area contributed by atoms with E-state index in [0.717, 1.165) is 16.8 Å². The van der Waals surface area contributed by atoms with Gasteiger partial charge in [-0.3, -0.25) is 14.6 Å². The van der Waals surface area contributed by atoms with Gasteiger partial charge in [-0.1, -0.05) is 68.1 Å². The number of nitrogens with zero attached hydrogens (tertiary/aromatic N) is 3. The molecule has 0 fully saturated rings. The van der Waals surface area contributed by atoms with Gasteiger partial charge >= 0.3 is 0 Å². The van der Waals surface area contributed by atoms with E-state index in [2.05, 4.69) is 15.3 Å². The summed E-state index contributed by atoms with van der Waals surface area (Å²) in [7, 11) is 0. The van der Waals surface area contributed by atoms with Gasteiger partial charge in [-0.2, -0.15) is 0 Å². The number of carbonyl (C=O) groups is 2. The van der Waals surface area contributed by atoms with E-state index in [4.69, 9.17) is 0 Å². The van der Waals surface area contributed by atoms with Crippen molar-refractivity contribution in [2.45, 2.75) is 26.4 Å². The maximum atomic E-state index is 13.0. The van der Waals surface area contributed by atoms with Crippen LogP contribution in [0.4, 0.5) is 5.69 Å². The highest BCUT2D eigenvalue weighted by Crippen LogP contribution is 2.34. The van der Waals surface area contributed by atoms with Crippen LogP contribution in [0.3, 0.4) is 0 Å². The first kappa shape index (κ1) is 19.4. The molecular weight excluding hydrogens is 384 g/mol. The standard InChI is InChI=1S/C22H22N4O2S/c1-14(2)19-21(28)26-20(25-19)16-10-6-7-11-17(16)24-22(26)29-13-18(27)23-12-15-8-4-3-5-9-15/h3-11,14,19H,12-13H2,1-2H3,(H,23,27)/t19-/m0/s1. The third-order valence-corrected chi connectivity index (χ3v) is 5.73. The number of amides is 2. The number of rotatable bonds is 5. The predicted molar refractivity (Wildman–Crippen MR) is 116 cm³/mol. The fourth-order valence-corrected chi connectivity index (χ4v) is 4.11. The van der Waals surface area contributed by atoms with E-state index >= 15 is 0 Å². The Balaban J connectivity index is 1.50. The summed E-state index contributed by atoms with van der Waals surface area (Å²) < 4.78 is 0. The van der Waals surface area contributed by atoms with Gasteiger partial charge in [0.1, 0.15) is 11.9 Å². The topological polar surface area (TPSA) is 74.1 Å². The fraction of sp³-hybridized carbons (Fsp3) is 0.273. The molecular formula is C22H22N4O2S. The van der Waals surface area contributed by atoms with Gasteiger partial charge in [0.05, 0.1) is 11.4 Å². The Morgan fingerprint density at radius 1 is 1.14 bits per heavy atom. The van der Waals surface area contributed by atoms with E-state index < -0.39 is 6.04 Å². The first-order valence-electron chi connectivity index (χ1n) is 9.58. The highest BCUT2D eigenvalue weighted by molar-refractivity contribution is 8.14. The number of nitrogens with one attached hydrogen (secondary N) is 1. The number of fused-ring (bicyclic) bond motifs is 3. The van der Waals surface area contributed by atoms with Crippen molar-refractivity contribution >= 4 is 40.3 Å². The number of amidine groups is 2. The molecule has 4 rings (SSSR count). The molecule has 29 heavy (non-hydrogen) atoms. The van der Waals surface area contributed by atoms with Crippen LogP contribution in [-0.4, -0.2) is 39.5 Å². The fourth-order valence-electron chi connectivity index (χ4n) is 3.28. The molecule has 0 aromatic heterocycles. The van der Waals surface area contributed by atoms with E-state index in [1.807, 2.05) is 68.4 Å². The molecule has 2 amide bonds. The highest BCUT2D eigenvalue weighted by Gasteiger charge is 2.42. The second-order valence-electron chi connectivity index (χ2n) is 7.28. The minimum Gasteiger partial charge on any atom is -0.351 e. The summed E-state index contributed by atoms with van der Waals surface area (Å²) in [6.45, 7) is 4.44. The summed E-state index contributed by atoms with van der Waals surface area (Å²) in [6, 6.07) is 17.0. The molecule has 2 aliphatic heterocycles. The number of hydrogen-bond donors (Lipinski definition) is 1. The lowest BCUT2D eigenvalue weighted by atomic mass is 10.1. The number of thioether (sulfide) groups is 1. The first-order chi connectivity index (χ1) is 14.0. The molecule has 2 aliphatic rings. The van der Waals surface area contributed by atoms with Gasteiger partial charge in [0.15, 0.2) is 5.17 Å². The predicted octanol–water partition coefficient (Wildman–Crippen LogP) is 3.35. The zero-order chi connectivity index (χ0) is 20.4. The van der Waals surface area contributed by atoms with E-state index in [9.17, 15) is 9.59 Å². The van der Waals surface area contributed by atoms with Crippen molar-refractivity contribution in [3.63, 3.8) is 0 Å². The van der Waals surface area contributed by atoms with Gasteiger partial charge in [0.2, 0.25) is 5.91 Å². The Bertz CT molecular complexity index is 1000. The number of carbonyl (C=O) groups excluding carboxylic acids is 2. The average molecular weight is 407 g/mol. The van der Waals surface area contributed by atoms with Gasteiger partial charge in [0.25, 0.3) is 5.91 Å². The van der Waals surface area contributed by atoms with Gasteiger partial charge in [0, 0.05) is 12.1 Å². The van der Waals surface area contributed by atoms with E-state index in [1.54, 1.807) is 4.90 Å². The molecule has 2 heterocycles. The van der Waals surface area contributed by atoms with Crippen molar-refractivity contribution < 1.29 is 9.59 Å². The molecule has 2 aromatic rings. The Kier molecular flexibility index (Phi) is 5.49. The monoisotopic (exact) mass is 406 g/mol. The van der Waals surface area contributed by atoms with Gasteiger partial charge in [-0.15, -0.1) is 0 Å². The van der Waals surface area contributed by atoms with Crippen molar-refractivity contribution in [3.8, 4) is 0 Å². The minimum absolute atomic E-state index is 0.0829. The van der Waals surface area contributed by atoms with E-state index in [-0.39, 0.29) is 23.5 Å². The van der Waals surface area contributed by atoms with Gasteiger partial charge in [-0.25, -0.2) is 9.89 Å². The Labute approximate surface area is 174 Å². The van der Waals surface area contributed by atoms with Crippen LogP contribution < -0.4 is 5.32 Å². The normalized spacial score (nSPS) is 17.6. The second-order valence-corrected chi connectivity index (χ2v) is 8.22. The first-order valence-corrected chi connectivity index (χ1v) is 10.6. The Morgan fingerprint density at radius 3 is 2.62 bits per heavy atom. The molecule has 0 radical (unpaired) electrons. The van der Waals surface area contributed by atoms with Crippen LogP contribution >= 0.6 is 11.8 Å². The minimum atomic E-state index is -0.422. The van der Waals surface area contributed by atoms with E-state index in [0.29, 0.717) is 17.5 Å². The lowest BCUT2D eigenvalue weighted by molar-refractivity contribution is -0.125. The molecule has 7 heteroatoms. The maximum Gasteiger partial charge on any atom is 0.259 e. The SMILES string of the molecule is CC(C)[C@@H]1N=C2c3ccccc3N=C(SCC(=O)NCc3ccccc3)N2C1=O. The number of aliphatic imine (C=N–C) groups is 2. The van der Waals surface area contributed by atoms with Gasteiger partial charge in [-0.05, 0) is 23.6 Å². The van der Waals surface area contributed by atoms with Crippen LogP contribution in [0.1, 0.15) is 25.0 Å². The molecule has 0 bridgehead atoms. The van der Waals surface area contributed by atoms with Crippen molar-refractivity contribution in [1.82, 2.24) is 10.2 Å². The molecule has 0 saturated heterocycles. The number of para-hydroxylation sites is 1. The third kappa shape index (κ3) is 3.96. The van der Waals surface area contributed by atoms with Crippen LogP contribution in [0.5, 0.6) is 0 Å². The molecule has 1 atom stereocenters. The highest BCUT2D eigenvalue weighted by atomic mass is 32.2. The molecule has 148 valence electrons. The Hall–Kier alpha value is -2.93. The molecule has 1 N–H and O–H groups in total. The number of hydrogen-bond acceptors (Lipinski definition) is 5. The lowest BCUT2D eigenvalue weighted by Crippen LogP contribution is -2.42. The smallest absolute Gasteiger partial charge is 0.259 e. The lowest BCUT2D eigenvalue weighted by Gasteiger charge is -2.25. The van der Waals surface area contributed by atoms with Crippen molar-refractivity contribution in [1.29, 1.82) is 0 Å². The molecule has 0 unspecified atom stereocenters. The zero-order valence-corrected chi connectivity index (χ0v) is 17.1. The van der Waals surface area contributed by atoms with Crippen LogP contribution in [0, 0.1) is 5.92 Å². The van der Waals surface area contributed by atoms with E-state index in [1.165, 1.54) is 11.8 Å². The second kappa shape index (κ2) is 8.21. The van der Waals surface area contributed by atoms with Crippen molar-refractivity contribution in [2.75, 3.05) is 5.75 Å². The molecule has 2 aromatic carbocycles. The van der Waals surface area contributed by atoms with Crippen molar-refractivity contribution in [2.24, 2.45) is 15.9 Å². The summed E-state index contributed by atoms with van der Waals surface area (Å²) in [4.78, 5) is 36.2. The molecule has 0 saturated carbocycles. The average Bonchev–Trinajstić information content (AvgIpc) is 3.09. The summed E-state index contributed by atoms with van der Waals surface area (Å²) in [5, 5.41) is 3.41. The van der Waals surface area contributed by atoms with Crippen LogP contribution in [0.15, 0.2) is 64.6 Å². The van der Waals surface area contributed by atoms with Crippen molar-refractivity contribution in [3.05, 3.63) is 65.7 Å². The summed E-state index contributed by atoms with van der Waals surface area (Å²) in [5.41, 5.74) is 2.66. The maximum absolute atomic E-state index is 13.0. The van der Waals surface area contributed by atoms with Crippen LogP contribution in [0.25, 0.3) is 0 Å².